The summed E-state index contributed by atoms with van der Waals surface area (Å²) in [5, 5.41) is 5.88. The molecule has 3 amide bonds. The first-order valence-corrected chi connectivity index (χ1v) is 11.0. The number of hydrogen-bond acceptors (Lipinski definition) is 3. The predicted molar refractivity (Wildman–Crippen MR) is 123 cm³/mol. The normalized spacial score (nSPS) is 15.8. The molecular formula is C25H31N3O3. The molecule has 0 bridgehead atoms. The van der Waals surface area contributed by atoms with E-state index in [2.05, 4.69) is 24.5 Å². The molecular weight excluding hydrogens is 390 g/mol. The fraction of sp³-hybridized carbons (Fsp3) is 0.400. The van der Waals surface area contributed by atoms with Crippen molar-refractivity contribution in [2.45, 2.75) is 46.5 Å². The van der Waals surface area contributed by atoms with E-state index in [-0.39, 0.29) is 30.1 Å². The largest absolute Gasteiger partial charge is 0.342 e. The Bertz CT molecular complexity index is 953. The molecule has 6 nitrogen and oxygen atoms in total. The van der Waals surface area contributed by atoms with Crippen LogP contribution >= 0.6 is 0 Å². The highest BCUT2D eigenvalue weighted by Crippen LogP contribution is 2.23. The fourth-order valence-corrected chi connectivity index (χ4v) is 3.85. The molecule has 0 spiro atoms. The maximum absolute atomic E-state index is 12.7. The van der Waals surface area contributed by atoms with Gasteiger partial charge in [-0.15, -0.1) is 0 Å². The van der Waals surface area contributed by atoms with Crippen molar-refractivity contribution in [3.63, 3.8) is 0 Å². The summed E-state index contributed by atoms with van der Waals surface area (Å²) in [5.74, 6) is -0.629. The molecule has 1 atom stereocenters. The van der Waals surface area contributed by atoms with Crippen molar-refractivity contribution in [1.82, 2.24) is 4.90 Å². The lowest BCUT2D eigenvalue weighted by atomic mass is 10.1. The van der Waals surface area contributed by atoms with Crippen LogP contribution in [-0.2, 0) is 16.0 Å². The molecule has 2 aromatic rings. The second kappa shape index (κ2) is 10.2. The summed E-state index contributed by atoms with van der Waals surface area (Å²) in [4.78, 5) is 39.1. The zero-order chi connectivity index (χ0) is 22.4. The van der Waals surface area contributed by atoms with Crippen molar-refractivity contribution < 1.29 is 14.4 Å². The SMILES string of the molecule is CCCCN1C[C@H](C(=O)Nc2ccc(C(=O)Nc3c(C)cccc3CC)cc2)CC1=O. The average Bonchev–Trinajstić information content (AvgIpc) is 3.14. The standard InChI is InChI=1S/C25H31N3O3/c1-4-6-14-28-16-20(15-22(28)29)25(31)26-21-12-10-19(11-13-21)24(30)27-23-17(3)8-7-9-18(23)5-2/h7-13,20H,4-6,14-16H2,1-3H3,(H,26,31)(H,27,30)/t20-/m1/s1. The first kappa shape index (κ1) is 22.5. The Morgan fingerprint density at radius 2 is 1.81 bits per heavy atom. The van der Waals surface area contributed by atoms with Crippen LogP contribution < -0.4 is 10.6 Å². The predicted octanol–water partition coefficient (Wildman–Crippen LogP) is 4.40. The van der Waals surface area contributed by atoms with Gasteiger partial charge in [0.05, 0.1) is 5.92 Å². The van der Waals surface area contributed by atoms with E-state index in [4.69, 9.17) is 0 Å². The van der Waals surface area contributed by atoms with Gasteiger partial charge in [0.2, 0.25) is 11.8 Å². The fourth-order valence-electron chi connectivity index (χ4n) is 3.85. The van der Waals surface area contributed by atoms with Crippen LogP contribution in [0.15, 0.2) is 42.5 Å². The number of carbonyl (C=O) groups excluding carboxylic acids is 3. The van der Waals surface area contributed by atoms with Gasteiger partial charge in [-0.3, -0.25) is 14.4 Å². The quantitative estimate of drug-likeness (QED) is 0.663. The third-order valence-electron chi connectivity index (χ3n) is 5.76. The molecule has 1 fully saturated rings. The van der Waals surface area contributed by atoms with Gasteiger partial charge < -0.3 is 15.5 Å². The molecule has 2 N–H and O–H groups in total. The molecule has 164 valence electrons. The number of rotatable bonds is 8. The second-order valence-electron chi connectivity index (χ2n) is 8.08. The lowest BCUT2D eigenvalue weighted by molar-refractivity contribution is -0.128. The van der Waals surface area contributed by atoms with Gasteiger partial charge in [-0.2, -0.15) is 0 Å². The zero-order valence-electron chi connectivity index (χ0n) is 18.5. The Kier molecular flexibility index (Phi) is 7.45. The minimum absolute atomic E-state index is 0.0447. The minimum Gasteiger partial charge on any atom is -0.342 e. The van der Waals surface area contributed by atoms with Crippen molar-refractivity contribution in [3.8, 4) is 0 Å². The molecule has 1 heterocycles. The van der Waals surface area contributed by atoms with E-state index >= 15 is 0 Å². The summed E-state index contributed by atoms with van der Waals surface area (Å²) in [6.07, 6.45) is 3.06. The molecule has 0 aromatic heterocycles. The zero-order valence-corrected chi connectivity index (χ0v) is 18.5. The van der Waals surface area contributed by atoms with Gasteiger partial charge in [-0.1, -0.05) is 38.5 Å². The van der Waals surface area contributed by atoms with E-state index < -0.39 is 0 Å². The van der Waals surface area contributed by atoms with E-state index in [0.717, 1.165) is 36.1 Å². The third-order valence-corrected chi connectivity index (χ3v) is 5.76. The summed E-state index contributed by atoms with van der Waals surface area (Å²) in [6.45, 7) is 7.30. The van der Waals surface area contributed by atoms with Crippen LogP contribution in [-0.4, -0.2) is 35.7 Å². The van der Waals surface area contributed by atoms with Gasteiger partial charge in [0.1, 0.15) is 0 Å². The number of hydrogen-bond donors (Lipinski definition) is 2. The number of nitrogens with one attached hydrogen (secondary N) is 2. The number of amides is 3. The van der Waals surface area contributed by atoms with Crippen LogP contribution in [0.3, 0.4) is 0 Å². The highest BCUT2D eigenvalue weighted by atomic mass is 16.2. The van der Waals surface area contributed by atoms with Gasteiger partial charge >= 0.3 is 0 Å². The maximum atomic E-state index is 12.7. The van der Waals surface area contributed by atoms with Crippen molar-refractivity contribution >= 4 is 29.1 Å². The molecule has 31 heavy (non-hydrogen) atoms. The Morgan fingerprint density at radius 3 is 2.48 bits per heavy atom. The smallest absolute Gasteiger partial charge is 0.255 e. The number of nitrogens with zero attached hydrogens (tertiary/aromatic N) is 1. The third kappa shape index (κ3) is 5.51. The number of anilines is 2. The first-order valence-electron chi connectivity index (χ1n) is 11.0. The van der Waals surface area contributed by atoms with Crippen molar-refractivity contribution in [2.75, 3.05) is 23.7 Å². The molecule has 1 saturated heterocycles. The van der Waals surface area contributed by atoms with E-state index in [9.17, 15) is 14.4 Å². The molecule has 2 aromatic carbocycles. The number of para-hydroxylation sites is 1. The van der Waals surface area contributed by atoms with Crippen molar-refractivity contribution in [3.05, 3.63) is 59.2 Å². The molecule has 0 unspecified atom stereocenters. The monoisotopic (exact) mass is 421 g/mol. The maximum Gasteiger partial charge on any atom is 0.255 e. The van der Waals surface area contributed by atoms with E-state index in [1.165, 1.54) is 0 Å². The highest BCUT2D eigenvalue weighted by Gasteiger charge is 2.33. The second-order valence-corrected chi connectivity index (χ2v) is 8.08. The molecule has 0 saturated carbocycles. The van der Waals surface area contributed by atoms with E-state index in [1.54, 1.807) is 29.2 Å². The topological polar surface area (TPSA) is 78.5 Å². The van der Waals surface area contributed by atoms with Crippen LogP contribution in [0.2, 0.25) is 0 Å². The van der Waals surface area contributed by atoms with Crippen molar-refractivity contribution in [2.24, 2.45) is 5.92 Å². The molecule has 1 aliphatic rings. The molecule has 0 radical (unpaired) electrons. The summed E-state index contributed by atoms with van der Waals surface area (Å²) < 4.78 is 0. The lowest BCUT2D eigenvalue weighted by Crippen LogP contribution is -2.29. The van der Waals surface area contributed by atoms with Gasteiger partial charge in [0.25, 0.3) is 5.91 Å². The number of aryl methyl sites for hydroxylation is 2. The molecule has 1 aliphatic heterocycles. The summed E-state index contributed by atoms with van der Waals surface area (Å²) in [7, 11) is 0. The Morgan fingerprint density at radius 1 is 1.06 bits per heavy atom. The number of carbonyl (C=O) groups is 3. The van der Waals surface area contributed by atoms with Crippen LogP contribution in [0, 0.1) is 12.8 Å². The number of benzene rings is 2. The Hall–Kier alpha value is -3.15. The van der Waals surface area contributed by atoms with Gasteiger partial charge in [0.15, 0.2) is 0 Å². The summed E-state index contributed by atoms with van der Waals surface area (Å²) >= 11 is 0. The summed E-state index contributed by atoms with van der Waals surface area (Å²) in [5.41, 5.74) is 4.11. The molecule has 6 heteroatoms. The highest BCUT2D eigenvalue weighted by molar-refractivity contribution is 6.05. The molecule has 0 aliphatic carbocycles. The average molecular weight is 422 g/mol. The lowest BCUT2D eigenvalue weighted by Gasteiger charge is -2.16. The van der Waals surface area contributed by atoms with Crippen LogP contribution in [0.4, 0.5) is 11.4 Å². The summed E-state index contributed by atoms with van der Waals surface area (Å²) in [6, 6.07) is 12.8. The van der Waals surface area contributed by atoms with Gasteiger partial charge in [-0.25, -0.2) is 0 Å². The van der Waals surface area contributed by atoms with E-state index in [0.29, 0.717) is 24.3 Å². The first-order chi connectivity index (χ1) is 14.9. The van der Waals surface area contributed by atoms with Gasteiger partial charge in [-0.05, 0) is 55.2 Å². The van der Waals surface area contributed by atoms with Gasteiger partial charge in [0, 0.05) is 36.4 Å². The van der Waals surface area contributed by atoms with E-state index in [1.807, 2.05) is 25.1 Å². The molecule has 3 rings (SSSR count). The number of likely N-dealkylation sites (tertiary alicyclic amines) is 1. The Labute approximate surface area is 184 Å². The van der Waals surface area contributed by atoms with Crippen LogP contribution in [0.5, 0.6) is 0 Å². The van der Waals surface area contributed by atoms with Crippen LogP contribution in [0.1, 0.15) is 54.6 Å². The van der Waals surface area contributed by atoms with Crippen LogP contribution in [0.25, 0.3) is 0 Å². The Balaban J connectivity index is 1.60. The number of unbranched alkanes of at least 4 members (excludes halogenated alkanes) is 1. The van der Waals surface area contributed by atoms with Crippen molar-refractivity contribution in [1.29, 1.82) is 0 Å². The minimum atomic E-state index is -0.333.